The van der Waals surface area contributed by atoms with Crippen LogP contribution in [-0.4, -0.2) is 46.5 Å². The number of pyridine rings is 1. The molecule has 2 aliphatic heterocycles. The molecule has 2 aromatic carbocycles. The number of aromatic hydroxyl groups is 1. The minimum atomic E-state index is -3.41. The van der Waals surface area contributed by atoms with Crippen molar-refractivity contribution >= 4 is 17.2 Å². The van der Waals surface area contributed by atoms with Crippen LogP contribution in [0, 0.1) is 5.82 Å². The molecule has 1 amide bonds. The van der Waals surface area contributed by atoms with Crippen molar-refractivity contribution in [3.8, 4) is 27.3 Å². The number of aromatic nitrogens is 1. The summed E-state index contributed by atoms with van der Waals surface area (Å²) in [7, 11) is 0. The number of amides is 1. The van der Waals surface area contributed by atoms with E-state index in [1.54, 1.807) is 11.1 Å². The third-order valence-electron chi connectivity index (χ3n) is 8.61. The van der Waals surface area contributed by atoms with Crippen molar-refractivity contribution in [3.05, 3.63) is 98.0 Å². The van der Waals surface area contributed by atoms with Crippen molar-refractivity contribution in [2.24, 2.45) is 0 Å². The summed E-state index contributed by atoms with van der Waals surface area (Å²) in [6, 6.07) is 10.5. The van der Waals surface area contributed by atoms with E-state index in [1.165, 1.54) is 27.1 Å². The highest BCUT2D eigenvalue weighted by Gasteiger charge is 2.49. The standard InChI is InChI=1S/C30H22F3N3O4S/c31-19-6-5-18-23-22-15(7-9-30(32,33)24(19)23)14-41-28(22)17-4-2-1-3-16(17)25(18)36-21-13-40-12-11-34(21)29(39)26-27(38)20(37)8-10-35(26)36/h1-6,8,10,14,21,25,38H,7,9,11-13H2/t21-,25-/m1/s1. The predicted molar refractivity (Wildman–Crippen MR) is 145 cm³/mol. The minimum absolute atomic E-state index is 0.0966. The van der Waals surface area contributed by atoms with E-state index >= 15 is 13.2 Å². The van der Waals surface area contributed by atoms with E-state index in [-0.39, 0.29) is 37.4 Å². The molecule has 0 spiro atoms. The fourth-order valence-corrected chi connectivity index (χ4v) is 8.00. The molecule has 11 heteroatoms. The smallest absolute Gasteiger partial charge is 0.278 e. The Morgan fingerprint density at radius 1 is 1.05 bits per heavy atom. The zero-order valence-electron chi connectivity index (χ0n) is 21.4. The topological polar surface area (TPSA) is 75.0 Å². The summed E-state index contributed by atoms with van der Waals surface area (Å²) >= 11 is 1.44. The Morgan fingerprint density at radius 3 is 2.73 bits per heavy atom. The van der Waals surface area contributed by atoms with Crippen LogP contribution in [0.15, 0.2) is 58.8 Å². The summed E-state index contributed by atoms with van der Waals surface area (Å²) in [5.74, 6) is -5.61. The van der Waals surface area contributed by atoms with Gasteiger partial charge >= 0.3 is 0 Å². The van der Waals surface area contributed by atoms with Gasteiger partial charge in [0.2, 0.25) is 5.43 Å². The van der Waals surface area contributed by atoms with Crippen molar-refractivity contribution in [2.45, 2.75) is 31.0 Å². The van der Waals surface area contributed by atoms with Gasteiger partial charge < -0.3 is 14.7 Å². The monoisotopic (exact) mass is 577 g/mol. The molecule has 4 heterocycles. The molecule has 1 fully saturated rings. The van der Waals surface area contributed by atoms with Crippen LogP contribution in [0.4, 0.5) is 13.2 Å². The Morgan fingerprint density at radius 2 is 1.88 bits per heavy atom. The summed E-state index contributed by atoms with van der Waals surface area (Å²) in [5.41, 5.74) is 1.97. The van der Waals surface area contributed by atoms with Crippen molar-refractivity contribution in [1.82, 2.24) is 9.58 Å². The third kappa shape index (κ3) is 3.24. The number of carbonyl (C=O) groups is 1. The first kappa shape index (κ1) is 24.7. The fourth-order valence-electron chi connectivity index (χ4n) is 6.84. The lowest BCUT2D eigenvalue weighted by atomic mass is 9.87. The van der Waals surface area contributed by atoms with Crippen LogP contribution < -0.4 is 10.4 Å². The molecular formula is C30H22F3N3O4S. The van der Waals surface area contributed by atoms with Crippen LogP contribution in [0.3, 0.4) is 0 Å². The minimum Gasteiger partial charge on any atom is -0.502 e. The zero-order valence-corrected chi connectivity index (χ0v) is 22.3. The highest BCUT2D eigenvalue weighted by Crippen LogP contribution is 2.57. The van der Waals surface area contributed by atoms with Gasteiger partial charge in [0.05, 0.1) is 24.8 Å². The molecule has 0 saturated carbocycles. The number of morpholine rings is 1. The Bertz CT molecular complexity index is 1850. The normalized spacial score (nSPS) is 21.8. The Balaban J connectivity index is 1.51. The van der Waals surface area contributed by atoms with Crippen LogP contribution >= 0.6 is 11.3 Å². The lowest BCUT2D eigenvalue weighted by molar-refractivity contribution is -0.0198. The molecule has 2 aliphatic carbocycles. The van der Waals surface area contributed by atoms with Crippen molar-refractivity contribution in [1.29, 1.82) is 0 Å². The first-order valence-corrected chi connectivity index (χ1v) is 14.2. The second kappa shape index (κ2) is 8.46. The summed E-state index contributed by atoms with van der Waals surface area (Å²) in [5, 5.41) is 14.5. The number of hydrogen-bond donors (Lipinski definition) is 1. The highest BCUT2D eigenvalue weighted by atomic mass is 32.1. The summed E-state index contributed by atoms with van der Waals surface area (Å²) in [6.07, 6.45) is 0.286. The van der Waals surface area contributed by atoms with Gasteiger partial charge in [-0.3, -0.25) is 19.3 Å². The second-order valence-corrected chi connectivity index (χ2v) is 11.6. The SMILES string of the molecule is O=C1c2c(O)c(=O)ccn2N([C@@H]2c3ccccc3-c3scc4c3-c3c2ccc(F)c3C(F)(F)CC4)[C@@H]2COCCN12. The number of thiophene rings is 1. The maximum atomic E-state index is 15.8. The molecule has 208 valence electrons. The number of fused-ring (bicyclic) bond motifs is 4. The quantitative estimate of drug-likeness (QED) is 0.346. The molecular weight excluding hydrogens is 555 g/mol. The molecule has 4 aromatic rings. The van der Waals surface area contributed by atoms with E-state index in [0.29, 0.717) is 11.1 Å². The molecule has 8 rings (SSSR count). The number of carbonyl (C=O) groups excluding carboxylic acids is 1. The molecule has 4 aliphatic rings. The number of nitrogens with zero attached hydrogens (tertiary/aromatic N) is 3. The summed E-state index contributed by atoms with van der Waals surface area (Å²) in [4.78, 5) is 28.4. The van der Waals surface area contributed by atoms with Crippen LogP contribution in [0.1, 0.15) is 45.2 Å². The van der Waals surface area contributed by atoms with Gasteiger partial charge in [-0.05, 0) is 40.1 Å². The Hall–Kier alpha value is -4.09. The van der Waals surface area contributed by atoms with E-state index in [9.17, 15) is 14.7 Å². The van der Waals surface area contributed by atoms with Crippen LogP contribution in [0.2, 0.25) is 0 Å². The molecule has 0 unspecified atom stereocenters. The van der Waals surface area contributed by atoms with Gasteiger partial charge in [-0.15, -0.1) is 11.3 Å². The summed E-state index contributed by atoms with van der Waals surface area (Å²) in [6.45, 7) is 0.561. The van der Waals surface area contributed by atoms with Gasteiger partial charge in [-0.2, -0.15) is 0 Å². The van der Waals surface area contributed by atoms with E-state index in [1.807, 2.05) is 29.6 Å². The van der Waals surface area contributed by atoms with E-state index in [0.717, 1.165) is 33.7 Å². The second-order valence-electron chi connectivity index (χ2n) is 10.7. The van der Waals surface area contributed by atoms with Gasteiger partial charge in [0, 0.05) is 41.2 Å². The largest absolute Gasteiger partial charge is 0.502 e. The van der Waals surface area contributed by atoms with Gasteiger partial charge in [0.25, 0.3) is 11.8 Å². The lowest BCUT2D eigenvalue weighted by Crippen LogP contribution is -2.66. The fraction of sp³-hybridized carbons (Fsp3) is 0.267. The molecule has 0 radical (unpaired) electrons. The van der Waals surface area contributed by atoms with Crippen LogP contribution in [0.5, 0.6) is 5.75 Å². The number of ether oxygens (including phenoxy) is 1. The maximum absolute atomic E-state index is 15.8. The molecule has 7 nitrogen and oxygen atoms in total. The zero-order chi connectivity index (χ0) is 28.2. The summed E-state index contributed by atoms with van der Waals surface area (Å²) < 4.78 is 54.3. The number of alkyl halides is 2. The van der Waals surface area contributed by atoms with E-state index in [2.05, 4.69) is 0 Å². The van der Waals surface area contributed by atoms with E-state index in [4.69, 9.17) is 4.74 Å². The molecule has 1 saturated heterocycles. The molecule has 2 atom stereocenters. The van der Waals surface area contributed by atoms with Crippen LogP contribution in [-0.2, 0) is 17.1 Å². The molecule has 41 heavy (non-hydrogen) atoms. The average molecular weight is 578 g/mol. The number of hydrogen-bond acceptors (Lipinski definition) is 6. The van der Waals surface area contributed by atoms with Crippen LogP contribution in [0.25, 0.3) is 21.6 Å². The first-order chi connectivity index (χ1) is 19.8. The third-order valence-corrected chi connectivity index (χ3v) is 9.67. The molecule has 1 N–H and O–H groups in total. The van der Waals surface area contributed by atoms with Gasteiger partial charge in [0.15, 0.2) is 11.4 Å². The Kier molecular flexibility index (Phi) is 5.10. The molecule has 0 bridgehead atoms. The first-order valence-electron chi connectivity index (χ1n) is 13.3. The van der Waals surface area contributed by atoms with Crippen molar-refractivity contribution < 1.29 is 27.8 Å². The number of halogens is 3. The number of rotatable bonds is 1. The highest BCUT2D eigenvalue weighted by molar-refractivity contribution is 7.14. The molecule has 2 aromatic heterocycles. The average Bonchev–Trinajstić information content (AvgIpc) is 3.29. The van der Waals surface area contributed by atoms with Gasteiger partial charge in [-0.1, -0.05) is 30.3 Å². The van der Waals surface area contributed by atoms with Crippen molar-refractivity contribution in [3.63, 3.8) is 0 Å². The lowest BCUT2D eigenvalue weighted by Gasteiger charge is -2.51. The predicted octanol–water partition coefficient (Wildman–Crippen LogP) is 4.98. The van der Waals surface area contributed by atoms with Gasteiger partial charge in [0.1, 0.15) is 12.0 Å². The Labute approximate surface area is 235 Å². The number of aryl methyl sites for hydroxylation is 1. The van der Waals surface area contributed by atoms with Gasteiger partial charge in [-0.25, -0.2) is 13.2 Å². The maximum Gasteiger partial charge on any atom is 0.278 e. The van der Waals surface area contributed by atoms with E-state index < -0.39 is 53.0 Å². The van der Waals surface area contributed by atoms with Crippen molar-refractivity contribution in [2.75, 3.05) is 24.8 Å². The number of benzene rings is 2.